The third-order valence-electron chi connectivity index (χ3n) is 4.45. The summed E-state index contributed by atoms with van der Waals surface area (Å²) < 4.78 is 0. The van der Waals surface area contributed by atoms with E-state index in [1.807, 2.05) is 6.92 Å². The van der Waals surface area contributed by atoms with Crippen LogP contribution >= 0.6 is 0 Å². The maximum atomic E-state index is 4.14. The normalized spacial score (nSPS) is 13.0. The van der Waals surface area contributed by atoms with E-state index in [-0.39, 0.29) is 17.0 Å². The molecule has 0 aromatic carbocycles. The zero-order valence-corrected chi connectivity index (χ0v) is 17.0. The van der Waals surface area contributed by atoms with Crippen molar-refractivity contribution in [2.45, 2.75) is 104 Å². The van der Waals surface area contributed by atoms with Crippen molar-refractivity contribution in [2.75, 3.05) is 6.54 Å². The van der Waals surface area contributed by atoms with Crippen LogP contribution in [0.25, 0.3) is 0 Å². The number of unbranched alkanes of at least 4 members (excludes halogenated alkanes) is 13. The summed E-state index contributed by atoms with van der Waals surface area (Å²) in [6.07, 6.45) is 25.0. The quantitative estimate of drug-likeness (QED) is 0.311. The highest BCUT2D eigenvalue weighted by Gasteiger charge is 2.14. The Bertz CT molecular complexity index is 313. The fraction of sp³-hybridized carbons (Fsp3) is 0.850. The van der Waals surface area contributed by atoms with E-state index in [1.54, 1.807) is 0 Å². The van der Waals surface area contributed by atoms with Crippen molar-refractivity contribution < 1.29 is 17.0 Å². The van der Waals surface area contributed by atoms with Crippen molar-refractivity contribution in [3.63, 3.8) is 0 Å². The second-order valence-corrected chi connectivity index (χ2v) is 6.77. The van der Waals surface area contributed by atoms with Gasteiger partial charge in [0.1, 0.15) is 0 Å². The van der Waals surface area contributed by atoms with Crippen molar-refractivity contribution in [1.82, 2.24) is 4.90 Å². The molecule has 3 heteroatoms. The molecule has 0 aliphatic carbocycles. The molecular formula is C20H37BrN2. The average molecular weight is 385 g/mol. The van der Waals surface area contributed by atoms with Crippen LogP contribution in [0.4, 0.5) is 0 Å². The molecule has 0 fully saturated rings. The predicted molar refractivity (Wildman–Crippen MR) is 98.2 cm³/mol. The van der Waals surface area contributed by atoms with Gasteiger partial charge in [-0.3, -0.25) is 0 Å². The Kier molecular flexibility index (Phi) is 16.2. The average Bonchev–Trinajstić information content (AvgIpc) is 2.93. The summed E-state index contributed by atoms with van der Waals surface area (Å²) in [5, 5.41) is 0. The largest absolute Gasteiger partial charge is 1.00 e. The molecule has 1 heterocycles. The minimum atomic E-state index is 0. The standard InChI is InChI=1S/C20H37N2.BrH/c1-3-4-5-6-7-8-9-10-11-12-13-14-15-16-17-22-18-20(2)21-19-22;/h18H,3-17H2,1-2H3;1H/q+1;/p-1. The smallest absolute Gasteiger partial charge is 0.255 e. The number of aliphatic imine (C=N–C) groups is 1. The lowest BCUT2D eigenvalue weighted by molar-refractivity contribution is -0.00000494. The number of hydrogen-bond acceptors (Lipinski definition) is 2. The van der Waals surface area contributed by atoms with Crippen LogP contribution in [0.15, 0.2) is 16.9 Å². The number of hydrogen-bond donors (Lipinski definition) is 0. The van der Waals surface area contributed by atoms with Gasteiger partial charge in [0.15, 0.2) is 6.20 Å². The number of nitrogens with zero attached hydrogens (tertiary/aromatic N) is 2. The van der Waals surface area contributed by atoms with Gasteiger partial charge in [0.25, 0.3) is 6.34 Å². The molecule has 0 spiro atoms. The highest BCUT2D eigenvalue weighted by atomic mass is 79.9. The van der Waals surface area contributed by atoms with Crippen molar-refractivity contribution in [3.8, 4) is 0 Å². The van der Waals surface area contributed by atoms with E-state index in [2.05, 4.69) is 29.4 Å². The van der Waals surface area contributed by atoms with Crippen LogP contribution in [-0.4, -0.2) is 17.8 Å². The minimum absolute atomic E-state index is 0. The molecular weight excluding hydrogens is 348 g/mol. The molecule has 1 aliphatic heterocycles. The monoisotopic (exact) mass is 384 g/mol. The van der Waals surface area contributed by atoms with Crippen LogP contribution in [0.5, 0.6) is 0 Å². The Hall–Kier alpha value is -0.400. The van der Waals surface area contributed by atoms with Gasteiger partial charge in [0.2, 0.25) is 5.70 Å². The van der Waals surface area contributed by atoms with E-state index in [9.17, 15) is 0 Å². The summed E-state index contributed by atoms with van der Waals surface area (Å²) in [7, 11) is 0. The Labute approximate surface area is 155 Å². The van der Waals surface area contributed by atoms with E-state index in [4.69, 9.17) is 0 Å². The summed E-state index contributed by atoms with van der Waals surface area (Å²) in [6, 6.07) is 0. The molecule has 0 radical (unpaired) electrons. The van der Waals surface area contributed by atoms with Gasteiger partial charge in [0, 0.05) is 6.92 Å². The predicted octanol–water partition coefficient (Wildman–Crippen LogP) is 3.55. The van der Waals surface area contributed by atoms with E-state index < -0.39 is 0 Å². The summed E-state index contributed by atoms with van der Waals surface area (Å²) in [5.41, 5.74) is 1.07. The highest BCUT2D eigenvalue weighted by molar-refractivity contribution is 5.61. The molecule has 0 unspecified atom stereocenters. The third kappa shape index (κ3) is 13.7. The van der Waals surface area contributed by atoms with Crippen molar-refractivity contribution in [2.24, 2.45) is 4.99 Å². The summed E-state index contributed by atoms with van der Waals surface area (Å²) >= 11 is 0. The summed E-state index contributed by atoms with van der Waals surface area (Å²) in [4.78, 5) is 6.23. The van der Waals surface area contributed by atoms with Gasteiger partial charge in [0.05, 0.1) is 6.54 Å². The Morgan fingerprint density at radius 3 is 1.61 bits per heavy atom. The topological polar surface area (TPSA) is 15.6 Å². The van der Waals surface area contributed by atoms with Gasteiger partial charge in [-0.05, 0) is 11.4 Å². The first-order valence-corrected chi connectivity index (χ1v) is 9.74. The molecule has 23 heavy (non-hydrogen) atoms. The molecule has 2 nitrogen and oxygen atoms in total. The summed E-state index contributed by atoms with van der Waals surface area (Å²) in [6.45, 7) is 5.40. The molecule has 0 amide bonds. The molecule has 0 aromatic rings. The lowest BCUT2D eigenvalue weighted by Crippen LogP contribution is -3.00. The van der Waals surface area contributed by atoms with Crippen LogP contribution in [0.3, 0.4) is 0 Å². The van der Waals surface area contributed by atoms with E-state index in [1.165, 1.54) is 89.9 Å². The number of halogens is 1. The van der Waals surface area contributed by atoms with Crippen LogP contribution in [-0.2, 0) is 0 Å². The first-order valence-electron chi connectivity index (χ1n) is 9.74. The minimum Gasteiger partial charge on any atom is -1.00 e. The SMILES string of the molecule is CCCCCCCCCCCCCCCCN1[C+]=NC(C)=C1.[Br-]. The van der Waals surface area contributed by atoms with Gasteiger partial charge >= 0.3 is 0 Å². The van der Waals surface area contributed by atoms with Crippen LogP contribution < -0.4 is 17.0 Å². The van der Waals surface area contributed by atoms with Gasteiger partial charge in [-0.2, -0.15) is 4.90 Å². The maximum absolute atomic E-state index is 4.14. The second kappa shape index (κ2) is 16.5. The van der Waals surface area contributed by atoms with Gasteiger partial charge in [-0.15, -0.1) is 0 Å². The van der Waals surface area contributed by atoms with Gasteiger partial charge < -0.3 is 17.0 Å². The molecule has 0 aromatic heterocycles. The van der Waals surface area contributed by atoms with Crippen LogP contribution in [0.2, 0.25) is 0 Å². The van der Waals surface area contributed by atoms with Crippen LogP contribution in [0.1, 0.15) is 104 Å². The Balaban J connectivity index is 0.00000484. The number of rotatable bonds is 15. The highest BCUT2D eigenvalue weighted by Crippen LogP contribution is 2.13. The number of allylic oxidation sites excluding steroid dienone is 1. The van der Waals surface area contributed by atoms with E-state index in [0.29, 0.717) is 0 Å². The molecule has 0 N–H and O–H groups in total. The van der Waals surface area contributed by atoms with Crippen molar-refractivity contribution in [3.05, 3.63) is 11.9 Å². The first kappa shape index (κ1) is 22.6. The fourth-order valence-electron chi connectivity index (χ4n) is 3.02. The van der Waals surface area contributed by atoms with E-state index >= 15 is 0 Å². The van der Waals surface area contributed by atoms with E-state index in [0.717, 1.165) is 12.2 Å². The molecule has 1 aliphatic rings. The fourth-order valence-corrected chi connectivity index (χ4v) is 3.02. The Morgan fingerprint density at radius 2 is 1.22 bits per heavy atom. The van der Waals surface area contributed by atoms with Crippen molar-refractivity contribution >= 4 is 6.34 Å². The van der Waals surface area contributed by atoms with Crippen molar-refractivity contribution in [1.29, 1.82) is 0 Å². The van der Waals surface area contributed by atoms with Crippen LogP contribution in [0, 0.1) is 0 Å². The lowest BCUT2D eigenvalue weighted by Gasteiger charge is -2.04. The zero-order chi connectivity index (χ0) is 15.9. The molecule has 134 valence electrons. The first-order chi connectivity index (χ1) is 10.8. The second-order valence-electron chi connectivity index (χ2n) is 6.77. The zero-order valence-electron chi connectivity index (χ0n) is 15.5. The Morgan fingerprint density at radius 1 is 0.783 bits per heavy atom. The summed E-state index contributed by atoms with van der Waals surface area (Å²) in [5.74, 6) is 0. The maximum Gasteiger partial charge on any atom is 0.255 e. The molecule has 0 bridgehead atoms. The van der Waals surface area contributed by atoms with Gasteiger partial charge in [-0.25, -0.2) is 0 Å². The van der Waals surface area contributed by atoms with Gasteiger partial charge in [-0.1, -0.05) is 90.4 Å². The third-order valence-corrected chi connectivity index (χ3v) is 4.45. The molecule has 0 atom stereocenters. The molecule has 0 saturated heterocycles. The lowest BCUT2D eigenvalue weighted by atomic mass is 10.0. The molecule has 0 saturated carbocycles. The molecule has 1 rings (SSSR count).